The van der Waals surface area contributed by atoms with Crippen LogP contribution in [0.25, 0.3) is 0 Å². The quantitative estimate of drug-likeness (QED) is 0.790. The highest BCUT2D eigenvalue weighted by atomic mass is 79.9. The SMILES string of the molecule is C=CCN(CCO)c1cc(Br)cc(C(=O)O)c1. The normalized spacial score (nSPS) is 10.0. The molecular weight excluding hydrogens is 286 g/mol. The van der Waals surface area contributed by atoms with E-state index in [4.69, 9.17) is 10.2 Å². The molecule has 0 aliphatic carbocycles. The molecular formula is C12H14BrNO3. The lowest BCUT2D eigenvalue weighted by Crippen LogP contribution is -2.26. The van der Waals surface area contributed by atoms with Crippen LogP contribution in [0, 0.1) is 0 Å². The fraction of sp³-hybridized carbons (Fsp3) is 0.250. The zero-order chi connectivity index (χ0) is 12.8. The van der Waals surface area contributed by atoms with Gasteiger partial charge in [0, 0.05) is 23.2 Å². The fourth-order valence-corrected chi connectivity index (χ4v) is 1.96. The summed E-state index contributed by atoms with van der Waals surface area (Å²) in [6.07, 6.45) is 1.71. The first-order valence-electron chi connectivity index (χ1n) is 5.09. The van der Waals surface area contributed by atoms with E-state index in [0.29, 0.717) is 17.6 Å². The number of carboxylic acids is 1. The second kappa shape index (κ2) is 6.42. The Balaban J connectivity index is 3.08. The standard InChI is InChI=1S/C12H14BrNO3/c1-2-3-14(4-5-15)11-7-9(12(16)17)6-10(13)8-11/h2,6-8,15H,1,3-5H2,(H,16,17). The van der Waals surface area contributed by atoms with E-state index in [2.05, 4.69) is 22.5 Å². The Labute approximate surface area is 108 Å². The molecule has 0 unspecified atom stereocenters. The fourth-order valence-electron chi connectivity index (χ4n) is 1.48. The third-order valence-corrected chi connectivity index (χ3v) is 2.67. The second-order valence-electron chi connectivity index (χ2n) is 3.46. The van der Waals surface area contributed by atoms with Gasteiger partial charge in [0.2, 0.25) is 0 Å². The molecule has 0 atom stereocenters. The van der Waals surface area contributed by atoms with Crippen molar-refractivity contribution in [2.45, 2.75) is 0 Å². The zero-order valence-electron chi connectivity index (χ0n) is 9.27. The maximum Gasteiger partial charge on any atom is 0.335 e. The van der Waals surface area contributed by atoms with Gasteiger partial charge in [-0.25, -0.2) is 4.79 Å². The number of hydrogen-bond donors (Lipinski definition) is 2. The molecule has 0 saturated carbocycles. The van der Waals surface area contributed by atoms with Gasteiger partial charge in [-0.05, 0) is 18.2 Å². The van der Waals surface area contributed by atoms with Crippen molar-refractivity contribution in [2.75, 3.05) is 24.6 Å². The van der Waals surface area contributed by atoms with Gasteiger partial charge in [0.15, 0.2) is 0 Å². The predicted octanol–water partition coefficient (Wildman–Crippen LogP) is 2.13. The van der Waals surface area contributed by atoms with Crippen molar-refractivity contribution in [3.05, 3.63) is 40.9 Å². The first-order valence-corrected chi connectivity index (χ1v) is 5.88. The van der Waals surface area contributed by atoms with Crippen LogP contribution in [0.3, 0.4) is 0 Å². The first-order chi connectivity index (χ1) is 8.08. The van der Waals surface area contributed by atoms with Gasteiger partial charge in [0.1, 0.15) is 0 Å². The number of halogens is 1. The maximum atomic E-state index is 10.9. The van der Waals surface area contributed by atoms with Crippen LogP contribution in [-0.4, -0.2) is 35.9 Å². The van der Waals surface area contributed by atoms with Crippen molar-refractivity contribution in [1.82, 2.24) is 0 Å². The molecule has 0 radical (unpaired) electrons. The van der Waals surface area contributed by atoms with Crippen LogP contribution in [0.5, 0.6) is 0 Å². The van der Waals surface area contributed by atoms with Crippen molar-refractivity contribution in [1.29, 1.82) is 0 Å². The zero-order valence-corrected chi connectivity index (χ0v) is 10.9. The number of aliphatic hydroxyl groups excluding tert-OH is 1. The highest BCUT2D eigenvalue weighted by molar-refractivity contribution is 9.10. The number of carboxylic acid groups (broad SMARTS) is 1. The molecule has 4 nitrogen and oxygen atoms in total. The molecule has 0 aliphatic heterocycles. The maximum absolute atomic E-state index is 10.9. The summed E-state index contributed by atoms with van der Waals surface area (Å²) in [4.78, 5) is 12.8. The Kier molecular flexibility index (Phi) is 5.18. The van der Waals surface area contributed by atoms with Gasteiger partial charge in [0.25, 0.3) is 0 Å². The van der Waals surface area contributed by atoms with Crippen LogP contribution in [0.4, 0.5) is 5.69 Å². The van der Waals surface area contributed by atoms with E-state index in [1.54, 1.807) is 12.1 Å². The van der Waals surface area contributed by atoms with Crippen LogP contribution in [0.15, 0.2) is 35.3 Å². The van der Waals surface area contributed by atoms with E-state index < -0.39 is 5.97 Å². The number of benzene rings is 1. The molecule has 0 aromatic heterocycles. The third-order valence-electron chi connectivity index (χ3n) is 2.21. The van der Waals surface area contributed by atoms with Crippen LogP contribution in [0.1, 0.15) is 10.4 Å². The molecule has 5 heteroatoms. The highest BCUT2D eigenvalue weighted by Gasteiger charge is 2.10. The molecule has 17 heavy (non-hydrogen) atoms. The van der Waals surface area contributed by atoms with Crippen molar-refractivity contribution >= 4 is 27.6 Å². The summed E-state index contributed by atoms with van der Waals surface area (Å²) in [6, 6.07) is 4.93. The van der Waals surface area contributed by atoms with Crippen molar-refractivity contribution in [2.24, 2.45) is 0 Å². The topological polar surface area (TPSA) is 60.8 Å². The van der Waals surface area contributed by atoms with Gasteiger partial charge in [-0.1, -0.05) is 22.0 Å². The summed E-state index contributed by atoms with van der Waals surface area (Å²) in [5.41, 5.74) is 0.951. The Morgan fingerprint density at radius 1 is 1.47 bits per heavy atom. The van der Waals surface area contributed by atoms with Crippen LogP contribution >= 0.6 is 15.9 Å². The lowest BCUT2D eigenvalue weighted by molar-refractivity contribution is 0.0697. The molecule has 0 aliphatic rings. The average molecular weight is 300 g/mol. The molecule has 0 spiro atoms. The lowest BCUT2D eigenvalue weighted by Gasteiger charge is -2.22. The molecule has 0 saturated heterocycles. The molecule has 0 heterocycles. The molecule has 1 aromatic rings. The van der Waals surface area contributed by atoms with Crippen LogP contribution < -0.4 is 4.90 Å². The Hall–Kier alpha value is -1.33. The van der Waals surface area contributed by atoms with E-state index in [1.165, 1.54) is 6.07 Å². The highest BCUT2D eigenvalue weighted by Crippen LogP contribution is 2.23. The predicted molar refractivity (Wildman–Crippen MR) is 70.6 cm³/mol. The molecule has 2 N–H and O–H groups in total. The first kappa shape index (κ1) is 13.7. The van der Waals surface area contributed by atoms with E-state index >= 15 is 0 Å². The van der Waals surface area contributed by atoms with Gasteiger partial charge in [-0.2, -0.15) is 0 Å². The van der Waals surface area contributed by atoms with Crippen molar-refractivity contribution < 1.29 is 15.0 Å². The van der Waals surface area contributed by atoms with E-state index in [1.807, 2.05) is 11.0 Å². The van der Waals surface area contributed by atoms with E-state index in [0.717, 1.165) is 5.69 Å². The minimum atomic E-state index is -0.977. The number of anilines is 1. The van der Waals surface area contributed by atoms with Gasteiger partial charge in [-0.15, -0.1) is 6.58 Å². The number of nitrogens with zero attached hydrogens (tertiary/aromatic N) is 1. The average Bonchev–Trinajstić information content (AvgIpc) is 2.28. The van der Waals surface area contributed by atoms with E-state index in [9.17, 15) is 4.79 Å². The molecule has 1 rings (SSSR count). The Morgan fingerprint density at radius 2 is 2.18 bits per heavy atom. The van der Waals surface area contributed by atoms with Crippen molar-refractivity contribution in [3.63, 3.8) is 0 Å². The van der Waals surface area contributed by atoms with Gasteiger partial charge in [0.05, 0.1) is 12.2 Å². The van der Waals surface area contributed by atoms with E-state index in [-0.39, 0.29) is 12.2 Å². The summed E-state index contributed by atoms with van der Waals surface area (Å²) in [5, 5.41) is 17.9. The minimum Gasteiger partial charge on any atom is -0.478 e. The smallest absolute Gasteiger partial charge is 0.335 e. The summed E-state index contributed by atoms with van der Waals surface area (Å²) >= 11 is 3.27. The Bertz CT molecular complexity index is 420. The summed E-state index contributed by atoms with van der Waals surface area (Å²) in [7, 11) is 0. The summed E-state index contributed by atoms with van der Waals surface area (Å²) < 4.78 is 0.694. The summed E-state index contributed by atoms with van der Waals surface area (Å²) in [5.74, 6) is -0.977. The van der Waals surface area contributed by atoms with Crippen molar-refractivity contribution in [3.8, 4) is 0 Å². The number of aliphatic hydroxyl groups is 1. The van der Waals surface area contributed by atoms with Gasteiger partial charge >= 0.3 is 5.97 Å². The largest absolute Gasteiger partial charge is 0.478 e. The lowest BCUT2D eigenvalue weighted by atomic mass is 10.2. The van der Waals surface area contributed by atoms with Crippen LogP contribution in [-0.2, 0) is 0 Å². The van der Waals surface area contributed by atoms with Gasteiger partial charge in [-0.3, -0.25) is 0 Å². The number of carbonyl (C=O) groups is 1. The minimum absolute atomic E-state index is 0.00274. The molecule has 92 valence electrons. The number of rotatable bonds is 6. The molecule has 1 aromatic carbocycles. The Morgan fingerprint density at radius 3 is 2.71 bits per heavy atom. The number of aromatic carboxylic acids is 1. The second-order valence-corrected chi connectivity index (χ2v) is 4.38. The van der Waals surface area contributed by atoms with Gasteiger partial charge < -0.3 is 15.1 Å². The third kappa shape index (κ3) is 3.87. The molecule has 0 amide bonds. The van der Waals surface area contributed by atoms with Crippen LogP contribution in [0.2, 0.25) is 0 Å². The number of hydrogen-bond acceptors (Lipinski definition) is 3. The summed E-state index contributed by atoms with van der Waals surface area (Å²) in [6.45, 7) is 4.62. The molecule has 0 fully saturated rings. The monoisotopic (exact) mass is 299 g/mol. The molecule has 0 bridgehead atoms.